The lowest BCUT2D eigenvalue weighted by Crippen LogP contribution is -2.14. The molecule has 45 heavy (non-hydrogen) atoms. The van der Waals surface area contributed by atoms with E-state index in [-0.39, 0.29) is 5.41 Å². The van der Waals surface area contributed by atoms with Gasteiger partial charge in [0.25, 0.3) is 0 Å². The fraction of sp³-hybridized carbons (Fsp3) is 0.0732. The van der Waals surface area contributed by atoms with Gasteiger partial charge in [0.1, 0.15) is 11.6 Å². The third-order valence-electron chi connectivity index (χ3n) is 9.79. The van der Waals surface area contributed by atoms with E-state index in [0.717, 1.165) is 60.8 Å². The van der Waals surface area contributed by atoms with Gasteiger partial charge in [0.15, 0.2) is 11.4 Å². The van der Waals surface area contributed by atoms with Crippen LogP contribution in [-0.2, 0) is 5.41 Å². The molecule has 6 aromatic carbocycles. The first-order valence-corrected chi connectivity index (χ1v) is 15.4. The second kappa shape index (κ2) is 8.67. The molecule has 0 bridgehead atoms. The lowest BCUT2D eigenvalue weighted by Gasteiger charge is -2.20. The Labute approximate surface area is 259 Å². The van der Waals surface area contributed by atoms with E-state index in [4.69, 9.17) is 14.4 Å². The minimum absolute atomic E-state index is 0.176. The summed E-state index contributed by atoms with van der Waals surface area (Å²) in [6.07, 6.45) is 0. The summed E-state index contributed by atoms with van der Waals surface area (Å²) in [6, 6.07) is 44.9. The van der Waals surface area contributed by atoms with Gasteiger partial charge in [-0.05, 0) is 34.5 Å². The van der Waals surface area contributed by atoms with E-state index < -0.39 is 0 Å². The minimum atomic E-state index is -0.176. The zero-order valence-corrected chi connectivity index (χ0v) is 24.9. The Kier molecular flexibility index (Phi) is 4.76. The van der Waals surface area contributed by atoms with E-state index in [1.54, 1.807) is 0 Å². The molecule has 212 valence electrons. The molecule has 0 spiro atoms. The molecule has 0 fully saturated rings. The van der Waals surface area contributed by atoms with Crippen molar-refractivity contribution in [1.82, 2.24) is 14.5 Å². The van der Waals surface area contributed by atoms with E-state index in [0.29, 0.717) is 5.82 Å². The molecule has 4 nitrogen and oxygen atoms in total. The molecule has 1 aliphatic rings. The Morgan fingerprint density at radius 1 is 0.578 bits per heavy atom. The summed E-state index contributed by atoms with van der Waals surface area (Å²) < 4.78 is 9.31. The van der Waals surface area contributed by atoms with Gasteiger partial charge in [0.05, 0.1) is 16.6 Å². The van der Waals surface area contributed by atoms with Gasteiger partial charge in [-0.1, -0.05) is 123 Å². The van der Waals surface area contributed by atoms with Crippen LogP contribution in [0.2, 0.25) is 0 Å². The zero-order chi connectivity index (χ0) is 29.9. The van der Waals surface area contributed by atoms with Crippen molar-refractivity contribution in [1.29, 1.82) is 0 Å². The molecule has 0 atom stereocenters. The number of nitrogens with zero attached hydrogens (tertiary/aromatic N) is 3. The van der Waals surface area contributed by atoms with Gasteiger partial charge in [-0.25, -0.2) is 9.97 Å². The highest BCUT2D eigenvalue weighted by atomic mass is 16.3. The smallest absolute Gasteiger partial charge is 0.162 e. The third kappa shape index (κ3) is 3.21. The fourth-order valence-electron chi connectivity index (χ4n) is 7.77. The Hall–Kier alpha value is -5.74. The second-order valence-electron chi connectivity index (χ2n) is 12.6. The number of benzene rings is 6. The Bertz CT molecular complexity index is 2690. The standard InChI is InChI=1S/C41H27N3O/c1-41(2)32-19-8-5-16-29(32)37-35(41)31-23-22-27-26-15-7-10-21-34(26)44(36(27)38(31)45-37)40-30-17-6-9-20-33(30)42-39(43-40)28-18-11-13-24-12-3-4-14-25(24)28/h3-23H,1-2H3. The van der Waals surface area contributed by atoms with Crippen molar-refractivity contribution in [2.75, 3.05) is 0 Å². The number of hydrogen-bond acceptors (Lipinski definition) is 3. The maximum atomic E-state index is 7.00. The predicted octanol–water partition coefficient (Wildman–Crippen LogP) is 10.6. The van der Waals surface area contributed by atoms with Crippen LogP contribution in [0, 0.1) is 0 Å². The highest BCUT2D eigenvalue weighted by molar-refractivity contribution is 6.19. The summed E-state index contributed by atoms with van der Waals surface area (Å²) in [5.74, 6) is 2.52. The van der Waals surface area contributed by atoms with Gasteiger partial charge < -0.3 is 4.42 Å². The average Bonchev–Trinajstić information content (AvgIpc) is 3.71. The molecule has 0 amide bonds. The van der Waals surface area contributed by atoms with Crippen molar-refractivity contribution in [3.05, 3.63) is 139 Å². The lowest BCUT2D eigenvalue weighted by atomic mass is 9.81. The van der Waals surface area contributed by atoms with E-state index in [9.17, 15) is 0 Å². The SMILES string of the molecule is CC1(C)c2ccccc2-c2oc3c(ccc4c5ccccc5n(-c5nc(-c6cccc7ccccc67)nc6ccccc56)c43)c21. The maximum Gasteiger partial charge on any atom is 0.162 e. The Morgan fingerprint density at radius 3 is 2.18 bits per heavy atom. The Morgan fingerprint density at radius 2 is 1.27 bits per heavy atom. The summed E-state index contributed by atoms with van der Waals surface area (Å²) in [5, 5.41) is 6.75. The van der Waals surface area contributed by atoms with Crippen molar-refractivity contribution in [2.24, 2.45) is 0 Å². The topological polar surface area (TPSA) is 43.9 Å². The van der Waals surface area contributed by atoms with Gasteiger partial charge in [0.2, 0.25) is 0 Å². The summed E-state index contributed by atoms with van der Waals surface area (Å²) >= 11 is 0. The summed E-state index contributed by atoms with van der Waals surface area (Å²) in [5.41, 5.74) is 8.49. The van der Waals surface area contributed by atoms with Crippen molar-refractivity contribution in [3.63, 3.8) is 0 Å². The van der Waals surface area contributed by atoms with Gasteiger partial charge in [-0.15, -0.1) is 0 Å². The van der Waals surface area contributed by atoms with Crippen LogP contribution in [0.25, 0.3) is 83.0 Å². The minimum Gasteiger partial charge on any atom is -0.453 e. The molecule has 10 rings (SSSR count). The van der Waals surface area contributed by atoms with E-state index >= 15 is 0 Å². The summed E-state index contributed by atoms with van der Waals surface area (Å²) in [7, 11) is 0. The van der Waals surface area contributed by atoms with Crippen LogP contribution < -0.4 is 0 Å². The number of furan rings is 1. The number of aromatic nitrogens is 3. The summed E-state index contributed by atoms with van der Waals surface area (Å²) in [4.78, 5) is 10.5. The van der Waals surface area contributed by atoms with Crippen molar-refractivity contribution in [3.8, 4) is 28.5 Å². The van der Waals surface area contributed by atoms with Gasteiger partial charge in [-0.3, -0.25) is 4.57 Å². The largest absolute Gasteiger partial charge is 0.453 e. The van der Waals surface area contributed by atoms with Crippen LogP contribution in [-0.4, -0.2) is 14.5 Å². The van der Waals surface area contributed by atoms with Crippen LogP contribution in [0.5, 0.6) is 0 Å². The molecule has 0 unspecified atom stereocenters. The van der Waals surface area contributed by atoms with Crippen LogP contribution in [0.3, 0.4) is 0 Å². The van der Waals surface area contributed by atoms with Crippen LogP contribution in [0.4, 0.5) is 0 Å². The fourth-order valence-corrected chi connectivity index (χ4v) is 7.77. The molecule has 0 saturated heterocycles. The van der Waals surface area contributed by atoms with Gasteiger partial charge >= 0.3 is 0 Å². The highest BCUT2D eigenvalue weighted by Gasteiger charge is 2.40. The van der Waals surface area contributed by atoms with Crippen molar-refractivity contribution in [2.45, 2.75) is 19.3 Å². The molecule has 0 aliphatic heterocycles. The average molecular weight is 578 g/mol. The molecule has 3 aromatic heterocycles. The third-order valence-corrected chi connectivity index (χ3v) is 9.79. The molecule has 9 aromatic rings. The molecule has 3 heterocycles. The Balaban J connectivity index is 1.37. The van der Waals surface area contributed by atoms with Crippen LogP contribution in [0.15, 0.2) is 132 Å². The van der Waals surface area contributed by atoms with E-state index in [2.05, 4.69) is 140 Å². The molecule has 0 radical (unpaired) electrons. The first-order chi connectivity index (χ1) is 22.1. The molecule has 0 N–H and O–H groups in total. The monoisotopic (exact) mass is 577 g/mol. The first-order valence-electron chi connectivity index (χ1n) is 15.4. The molecule has 1 aliphatic carbocycles. The summed E-state index contributed by atoms with van der Waals surface area (Å²) in [6.45, 7) is 4.61. The van der Waals surface area contributed by atoms with Crippen LogP contribution >= 0.6 is 0 Å². The molecular weight excluding hydrogens is 550 g/mol. The lowest BCUT2D eigenvalue weighted by molar-refractivity contribution is 0.620. The number of fused-ring (bicyclic) bond motifs is 11. The van der Waals surface area contributed by atoms with Crippen molar-refractivity contribution < 1.29 is 4.42 Å². The molecular formula is C41H27N3O. The number of hydrogen-bond donors (Lipinski definition) is 0. The maximum absolute atomic E-state index is 7.00. The number of rotatable bonds is 2. The van der Waals surface area contributed by atoms with Crippen LogP contribution in [0.1, 0.15) is 25.0 Å². The zero-order valence-electron chi connectivity index (χ0n) is 24.9. The molecule has 4 heteroatoms. The van der Waals surface area contributed by atoms with E-state index in [1.807, 2.05) is 6.07 Å². The predicted molar refractivity (Wildman–Crippen MR) is 184 cm³/mol. The first kappa shape index (κ1) is 24.7. The van der Waals surface area contributed by atoms with Crippen molar-refractivity contribution >= 4 is 54.5 Å². The normalized spacial score (nSPS) is 13.7. The number of para-hydroxylation sites is 2. The highest BCUT2D eigenvalue weighted by Crippen LogP contribution is 2.54. The van der Waals surface area contributed by atoms with Gasteiger partial charge in [-0.2, -0.15) is 0 Å². The van der Waals surface area contributed by atoms with E-state index in [1.165, 1.54) is 27.5 Å². The molecule has 0 saturated carbocycles. The quantitative estimate of drug-likeness (QED) is 0.205. The second-order valence-corrected chi connectivity index (χ2v) is 12.6. The van der Waals surface area contributed by atoms with Gasteiger partial charge in [0, 0.05) is 43.7 Å².